The van der Waals surface area contributed by atoms with Crippen molar-refractivity contribution in [3.05, 3.63) is 0 Å². The van der Waals surface area contributed by atoms with Crippen LogP contribution < -0.4 is 5.48 Å². The molecule has 0 bridgehead atoms. The largest absolute Gasteiger partial charge is 0.491 e. The summed E-state index contributed by atoms with van der Waals surface area (Å²) in [7, 11) is 0. The van der Waals surface area contributed by atoms with Crippen LogP contribution in [0, 0.1) is 5.92 Å². The first-order valence-corrected chi connectivity index (χ1v) is 5.13. The molecule has 96 valence electrons. The van der Waals surface area contributed by atoms with Crippen LogP contribution in [0.2, 0.25) is 0 Å². The van der Waals surface area contributed by atoms with Crippen molar-refractivity contribution in [3.63, 3.8) is 0 Å². The van der Waals surface area contributed by atoms with E-state index in [1.807, 2.05) is 0 Å². The molecule has 3 unspecified atom stereocenters. The van der Waals surface area contributed by atoms with Crippen LogP contribution in [0.4, 0.5) is 13.2 Å². The molecule has 1 aliphatic heterocycles. The van der Waals surface area contributed by atoms with E-state index < -0.39 is 24.2 Å². The summed E-state index contributed by atoms with van der Waals surface area (Å²) in [5.41, 5.74) is 2.32. The third-order valence-electron chi connectivity index (χ3n) is 2.96. The van der Waals surface area contributed by atoms with Crippen LogP contribution in [0.3, 0.4) is 0 Å². The van der Waals surface area contributed by atoms with Crippen molar-refractivity contribution in [1.82, 2.24) is 5.48 Å². The van der Waals surface area contributed by atoms with E-state index in [-0.39, 0.29) is 12.0 Å². The SMILES string of the molecule is O=C(OC(=O)C(F)(F)F)C1NOC2CCCC21. The first-order chi connectivity index (χ1) is 7.89. The second kappa shape index (κ2) is 4.26. The maximum Gasteiger partial charge on any atom is 0.491 e. The maximum absolute atomic E-state index is 11.9. The zero-order valence-corrected chi connectivity index (χ0v) is 8.62. The number of alkyl halides is 3. The Labute approximate surface area is 94.2 Å². The average Bonchev–Trinajstić information content (AvgIpc) is 2.75. The molecule has 0 aromatic rings. The molecule has 1 heterocycles. The smallest absolute Gasteiger partial charge is 0.385 e. The highest BCUT2D eigenvalue weighted by Gasteiger charge is 2.48. The topological polar surface area (TPSA) is 64.6 Å². The highest BCUT2D eigenvalue weighted by atomic mass is 19.4. The Bertz CT molecular complexity index is 344. The quantitative estimate of drug-likeness (QED) is 0.550. The molecular formula is C9H10F3NO4. The van der Waals surface area contributed by atoms with Crippen LogP contribution in [0.5, 0.6) is 0 Å². The molecule has 0 spiro atoms. The second-order valence-corrected chi connectivity index (χ2v) is 4.05. The molecule has 8 heteroatoms. The predicted octanol–water partition coefficient (Wildman–Crippen LogP) is 0.691. The van der Waals surface area contributed by atoms with Crippen molar-refractivity contribution in [2.75, 3.05) is 0 Å². The predicted molar refractivity (Wildman–Crippen MR) is 46.3 cm³/mol. The third kappa shape index (κ3) is 2.42. The van der Waals surface area contributed by atoms with Crippen LogP contribution in [0.25, 0.3) is 0 Å². The van der Waals surface area contributed by atoms with Crippen molar-refractivity contribution in [3.8, 4) is 0 Å². The van der Waals surface area contributed by atoms with Gasteiger partial charge in [-0.05, 0) is 12.8 Å². The molecule has 2 fully saturated rings. The number of hydrogen-bond donors (Lipinski definition) is 1. The van der Waals surface area contributed by atoms with Crippen molar-refractivity contribution in [2.24, 2.45) is 5.92 Å². The molecule has 17 heavy (non-hydrogen) atoms. The van der Waals surface area contributed by atoms with Crippen molar-refractivity contribution in [1.29, 1.82) is 0 Å². The number of esters is 2. The summed E-state index contributed by atoms with van der Waals surface area (Å²) in [4.78, 5) is 26.9. The fraction of sp³-hybridized carbons (Fsp3) is 0.778. The molecule has 0 radical (unpaired) electrons. The number of nitrogens with one attached hydrogen (secondary N) is 1. The van der Waals surface area contributed by atoms with Crippen molar-refractivity contribution < 1.29 is 32.3 Å². The van der Waals surface area contributed by atoms with E-state index in [1.165, 1.54) is 0 Å². The Hall–Kier alpha value is -1.15. The summed E-state index contributed by atoms with van der Waals surface area (Å²) in [5.74, 6) is -3.95. The molecule has 3 atom stereocenters. The highest BCUT2D eigenvalue weighted by Crippen LogP contribution is 2.35. The number of carbonyl (C=O) groups excluding carboxylic acids is 2. The number of carbonyl (C=O) groups is 2. The Kier molecular flexibility index (Phi) is 3.09. The van der Waals surface area contributed by atoms with E-state index in [0.717, 1.165) is 12.8 Å². The number of halogens is 3. The van der Waals surface area contributed by atoms with Gasteiger partial charge >= 0.3 is 18.1 Å². The van der Waals surface area contributed by atoms with Crippen LogP contribution in [0.15, 0.2) is 0 Å². The van der Waals surface area contributed by atoms with Crippen molar-refractivity contribution in [2.45, 2.75) is 37.6 Å². The summed E-state index contributed by atoms with van der Waals surface area (Å²) in [5, 5.41) is 0. The van der Waals surface area contributed by atoms with Crippen molar-refractivity contribution >= 4 is 11.9 Å². The van der Waals surface area contributed by atoms with Gasteiger partial charge in [0, 0.05) is 5.92 Å². The Morgan fingerprint density at radius 3 is 2.65 bits per heavy atom. The van der Waals surface area contributed by atoms with Crippen LogP contribution in [0.1, 0.15) is 19.3 Å². The van der Waals surface area contributed by atoms with Gasteiger partial charge in [0.05, 0.1) is 6.10 Å². The van der Waals surface area contributed by atoms with E-state index in [4.69, 9.17) is 4.84 Å². The van der Waals surface area contributed by atoms with Gasteiger partial charge in [-0.3, -0.25) is 4.84 Å². The third-order valence-corrected chi connectivity index (χ3v) is 2.96. The lowest BCUT2D eigenvalue weighted by molar-refractivity contribution is -0.203. The fourth-order valence-corrected chi connectivity index (χ4v) is 2.17. The second-order valence-electron chi connectivity index (χ2n) is 4.05. The van der Waals surface area contributed by atoms with Gasteiger partial charge in [-0.25, -0.2) is 9.59 Å². The van der Waals surface area contributed by atoms with Gasteiger partial charge in [-0.15, -0.1) is 0 Å². The lowest BCUT2D eigenvalue weighted by atomic mass is 9.98. The molecule has 1 saturated carbocycles. The maximum atomic E-state index is 11.9. The lowest BCUT2D eigenvalue weighted by Gasteiger charge is -2.13. The zero-order chi connectivity index (χ0) is 12.6. The molecule has 2 rings (SSSR count). The van der Waals surface area contributed by atoms with E-state index in [1.54, 1.807) is 0 Å². The van der Waals surface area contributed by atoms with E-state index in [0.29, 0.717) is 6.42 Å². The van der Waals surface area contributed by atoms with E-state index in [2.05, 4.69) is 10.2 Å². The van der Waals surface area contributed by atoms with E-state index in [9.17, 15) is 22.8 Å². The molecule has 0 aromatic carbocycles. The first-order valence-electron chi connectivity index (χ1n) is 5.13. The minimum Gasteiger partial charge on any atom is -0.385 e. The number of rotatable bonds is 1. The van der Waals surface area contributed by atoms with Gasteiger partial charge in [-0.1, -0.05) is 6.42 Å². The summed E-state index contributed by atoms with van der Waals surface area (Å²) in [6.45, 7) is 0. The zero-order valence-electron chi connectivity index (χ0n) is 8.62. The van der Waals surface area contributed by atoms with Crippen LogP contribution in [-0.2, 0) is 19.2 Å². The average molecular weight is 253 g/mol. The minimum atomic E-state index is -5.16. The molecule has 1 aliphatic carbocycles. The number of fused-ring (bicyclic) bond motifs is 1. The summed E-state index contributed by atoms with van der Waals surface area (Å²) in [6.07, 6.45) is -3.10. The molecule has 2 aliphatic rings. The fourth-order valence-electron chi connectivity index (χ4n) is 2.17. The lowest BCUT2D eigenvalue weighted by Crippen LogP contribution is -2.40. The van der Waals surface area contributed by atoms with Gasteiger partial charge < -0.3 is 4.74 Å². The normalized spacial score (nSPS) is 32.3. The van der Waals surface area contributed by atoms with E-state index >= 15 is 0 Å². The highest BCUT2D eigenvalue weighted by molar-refractivity contribution is 5.91. The summed E-state index contributed by atoms with van der Waals surface area (Å²) in [6, 6.07) is -0.992. The van der Waals surface area contributed by atoms with Gasteiger partial charge in [-0.2, -0.15) is 18.7 Å². The standard InChI is InChI=1S/C9H10F3NO4/c10-9(11,12)8(15)16-7(14)6-4-2-1-3-5(4)17-13-6/h4-6,13H,1-3H2. The molecule has 0 amide bonds. The van der Waals surface area contributed by atoms with Crippen LogP contribution >= 0.6 is 0 Å². The monoisotopic (exact) mass is 253 g/mol. The van der Waals surface area contributed by atoms with Gasteiger partial charge in [0.1, 0.15) is 6.04 Å². The Morgan fingerprint density at radius 2 is 2.00 bits per heavy atom. The summed E-state index contributed by atoms with van der Waals surface area (Å²) < 4.78 is 39.4. The first kappa shape index (κ1) is 12.3. The molecule has 5 nitrogen and oxygen atoms in total. The molecular weight excluding hydrogens is 243 g/mol. The van der Waals surface area contributed by atoms with Gasteiger partial charge in [0.2, 0.25) is 0 Å². The number of hydroxylamine groups is 1. The summed E-state index contributed by atoms with van der Waals surface area (Å²) >= 11 is 0. The molecule has 1 saturated heterocycles. The Morgan fingerprint density at radius 1 is 1.29 bits per heavy atom. The van der Waals surface area contributed by atoms with Gasteiger partial charge in [0.25, 0.3) is 0 Å². The molecule has 0 aromatic heterocycles. The Balaban J connectivity index is 1.95. The molecule has 1 N–H and O–H groups in total. The number of ether oxygens (including phenoxy) is 1. The van der Waals surface area contributed by atoms with Crippen LogP contribution in [-0.4, -0.2) is 30.3 Å². The van der Waals surface area contributed by atoms with Gasteiger partial charge in [0.15, 0.2) is 0 Å². The number of hydrogen-bond acceptors (Lipinski definition) is 5. The minimum absolute atomic E-state index is 0.187.